The third-order valence-corrected chi connectivity index (χ3v) is 4.67. The lowest BCUT2D eigenvalue weighted by atomic mass is 9.78. The second-order valence-corrected chi connectivity index (χ2v) is 6.17. The summed E-state index contributed by atoms with van der Waals surface area (Å²) in [5.74, 6) is 0.850. The van der Waals surface area contributed by atoms with Crippen molar-refractivity contribution >= 4 is 0 Å². The number of methoxy groups -OCH3 is 1. The van der Waals surface area contributed by atoms with Crippen molar-refractivity contribution in [2.24, 2.45) is 0 Å². The van der Waals surface area contributed by atoms with Crippen molar-refractivity contribution in [3.05, 3.63) is 29.8 Å². The highest BCUT2D eigenvalue weighted by Gasteiger charge is 2.44. The van der Waals surface area contributed by atoms with Gasteiger partial charge in [-0.1, -0.05) is 12.1 Å². The van der Waals surface area contributed by atoms with Gasteiger partial charge in [0.15, 0.2) is 0 Å². The van der Waals surface area contributed by atoms with Crippen molar-refractivity contribution in [3.63, 3.8) is 0 Å². The smallest absolute Gasteiger partial charge is 0.119 e. The minimum absolute atomic E-state index is 0.332. The van der Waals surface area contributed by atoms with Crippen LogP contribution in [0, 0.1) is 0 Å². The summed E-state index contributed by atoms with van der Waals surface area (Å²) in [4.78, 5) is 2.36. The van der Waals surface area contributed by atoms with Gasteiger partial charge in [0.05, 0.1) is 25.9 Å². The summed E-state index contributed by atoms with van der Waals surface area (Å²) in [5.41, 5.74) is 0.508. The van der Waals surface area contributed by atoms with Crippen molar-refractivity contribution < 1.29 is 14.6 Å². The number of nitrogens with zero attached hydrogens (tertiary/aromatic N) is 1. The molecule has 1 aromatic rings. The molecule has 2 aliphatic rings. The molecule has 110 valence electrons. The van der Waals surface area contributed by atoms with E-state index in [1.165, 1.54) is 0 Å². The number of hydrogen-bond donors (Lipinski definition) is 1. The zero-order chi connectivity index (χ0) is 14.2. The topological polar surface area (TPSA) is 41.9 Å². The molecule has 2 saturated heterocycles. The first kappa shape index (κ1) is 13.9. The maximum absolute atomic E-state index is 11.0. The minimum atomic E-state index is -0.627. The van der Waals surface area contributed by atoms with Crippen LogP contribution in [0.3, 0.4) is 0 Å². The highest BCUT2D eigenvalue weighted by molar-refractivity contribution is 5.29. The number of hydrogen-bond acceptors (Lipinski definition) is 4. The third kappa shape index (κ3) is 2.68. The molecule has 0 radical (unpaired) electrons. The standard InChI is InChI=1S/C16H23NO3/c1-17-13-8-16(18,9-14(17)11-20-10-13)7-12-4-3-5-15(6-12)19-2/h3-6,13-14,18H,7-11H2,1-2H3. The molecule has 4 heteroatoms. The van der Waals surface area contributed by atoms with E-state index < -0.39 is 5.60 Å². The Morgan fingerprint density at radius 2 is 2.05 bits per heavy atom. The van der Waals surface area contributed by atoms with E-state index in [0.29, 0.717) is 18.5 Å². The van der Waals surface area contributed by atoms with Crippen LogP contribution < -0.4 is 4.74 Å². The largest absolute Gasteiger partial charge is 0.497 e. The summed E-state index contributed by atoms with van der Waals surface area (Å²) in [6.07, 6.45) is 2.24. The SMILES string of the molecule is COc1cccc(CC2(O)CC3COCC(C2)N3C)c1. The summed E-state index contributed by atoms with van der Waals surface area (Å²) in [7, 11) is 3.81. The van der Waals surface area contributed by atoms with Gasteiger partial charge in [-0.05, 0) is 37.6 Å². The molecular weight excluding hydrogens is 254 g/mol. The van der Waals surface area contributed by atoms with Crippen LogP contribution in [0.25, 0.3) is 0 Å². The second kappa shape index (κ2) is 5.35. The highest BCUT2D eigenvalue weighted by atomic mass is 16.5. The summed E-state index contributed by atoms with van der Waals surface area (Å²) in [6.45, 7) is 1.46. The molecule has 0 aliphatic carbocycles. The van der Waals surface area contributed by atoms with Crippen LogP contribution in [0.2, 0.25) is 0 Å². The molecule has 0 amide bonds. The number of rotatable bonds is 3. The Balaban J connectivity index is 1.75. The van der Waals surface area contributed by atoms with Crippen molar-refractivity contribution in [2.75, 3.05) is 27.4 Å². The predicted octanol–water partition coefficient (Wildman–Crippen LogP) is 1.46. The van der Waals surface area contributed by atoms with E-state index in [0.717, 1.165) is 37.4 Å². The molecule has 2 fully saturated rings. The molecule has 2 unspecified atom stereocenters. The number of likely N-dealkylation sites (N-methyl/N-ethyl adjacent to an activating group) is 1. The van der Waals surface area contributed by atoms with Gasteiger partial charge in [-0.3, -0.25) is 4.90 Å². The Morgan fingerprint density at radius 3 is 2.70 bits per heavy atom. The maximum Gasteiger partial charge on any atom is 0.119 e. The number of benzene rings is 1. The first-order valence-corrected chi connectivity index (χ1v) is 7.25. The molecule has 1 N–H and O–H groups in total. The summed E-state index contributed by atoms with van der Waals surface area (Å²) < 4.78 is 10.9. The van der Waals surface area contributed by atoms with E-state index in [1.807, 2.05) is 18.2 Å². The second-order valence-electron chi connectivity index (χ2n) is 6.17. The van der Waals surface area contributed by atoms with Gasteiger partial charge in [-0.25, -0.2) is 0 Å². The van der Waals surface area contributed by atoms with E-state index in [4.69, 9.17) is 9.47 Å². The number of fused-ring (bicyclic) bond motifs is 2. The first-order valence-electron chi connectivity index (χ1n) is 7.25. The number of aliphatic hydroxyl groups is 1. The van der Waals surface area contributed by atoms with Crippen LogP contribution in [0.4, 0.5) is 0 Å². The Hall–Kier alpha value is -1.10. The van der Waals surface area contributed by atoms with Crippen LogP contribution in [0.1, 0.15) is 18.4 Å². The van der Waals surface area contributed by atoms with Gasteiger partial charge >= 0.3 is 0 Å². The lowest BCUT2D eigenvalue weighted by Crippen LogP contribution is -2.60. The Bertz CT molecular complexity index is 463. The van der Waals surface area contributed by atoms with Gasteiger partial charge in [0.2, 0.25) is 0 Å². The average molecular weight is 277 g/mol. The third-order valence-electron chi connectivity index (χ3n) is 4.67. The van der Waals surface area contributed by atoms with E-state index in [1.54, 1.807) is 7.11 Å². The molecular formula is C16H23NO3. The van der Waals surface area contributed by atoms with Crippen LogP contribution in [-0.2, 0) is 11.2 Å². The van der Waals surface area contributed by atoms with Crippen LogP contribution in [0.5, 0.6) is 5.75 Å². The molecule has 2 atom stereocenters. The molecule has 1 aromatic carbocycles. The molecule has 2 aliphatic heterocycles. The molecule has 3 rings (SSSR count). The van der Waals surface area contributed by atoms with Crippen molar-refractivity contribution in [3.8, 4) is 5.75 Å². The highest BCUT2D eigenvalue weighted by Crippen LogP contribution is 2.35. The van der Waals surface area contributed by atoms with E-state index in [-0.39, 0.29) is 0 Å². The molecule has 0 saturated carbocycles. The summed E-state index contributed by atoms with van der Waals surface area (Å²) in [6, 6.07) is 8.66. The Morgan fingerprint density at radius 1 is 1.35 bits per heavy atom. The lowest BCUT2D eigenvalue weighted by Gasteiger charge is -2.50. The van der Waals surface area contributed by atoms with Crippen molar-refractivity contribution in [2.45, 2.75) is 36.9 Å². The average Bonchev–Trinajstić information content (AvgIpc) is 2.41. The van der Waals surface area contributed by atoms with Crippen molar-refractivity contribution in [1.29, 1.82) is 0 Å². The molecule has 20 heavy (non-hydrogen) atoms. The normalized spacial score (nSPS) is 34.0. The Labute approximate surface area is 120 Å². The Kier molecular flexibility index (Phi) is 3.71. The number of piperidine rings is 1. The van der Waals surface area contributed by atoms with Crippen LogP contribution in [-0.4, -0.2) is 55.1 Å². The fraction of sp³-hybridized carbons (Fsp3) is 0.625. The molecule has 2 heterocycles. The van der Waals surface area contributed by atoms with Gasteiger partial charge < -0.3 is 14.6 Å². The molecule has 2 bridgehead atoms. The van der Waals surface area contributed by atoms with Gasteiger partial charge in [0, 0.05) is 18.5 Å². The fourth-order valence-electron chi connectivity index (χ4n) is 3.55. The van der Waals surface area contributed by atoms with E-state index in [9.17, 15) is 5.11 Å². The maximum atomic E-state index is 11.0. The number of morpholine rings is 1. The molecule has 0 aromatic heterocycles. The minimum Gasteiger partial charge on any atom is -0.497 e. The van der Waals surface area contributed by atoms with Gasteiger partial charge in [0.1, 0.15) is 5.75 Å². The molecule has 4 nitrogen and oxygen atoms in total. The van der Waals surface area contributed by atoms with Gasteiger partial charge in [-0.2, -0.15) is 0 Å². The van der Waals surface area contributed by atoms with Crippen LogP contribution in [0.15, 0.2) is 24.3 Å². The fourth-order valence-corrected chi connectivity index (χ4v) is 3.55. The van der Waals surface area contributed by atoms with Gasteiger partial charge in [0.25, 0.3) is 0 Å². The quantitative estimate of drug-likeness (QED) is 0.908. The van der Waals surface area contributed by atoms with Gasteiger partial charge in [-0.15, -0.1) is 0 Å². The lowest BCUT2D eigenvalue weighted by molar-refractivity contribution is -0.133. The van der Waals surface area contributed by atoms with Crippen LogP contribution >= 0.6 is 0 Å². The molecule has 0 spiro atoms. The van der Waals surface area contributed by atoms with Crippen molar-refractivity contribution in [1.82, 2.24) is 4.90 Å². The number of ether oxygens (including phenoxy) is 2. The van der Waals surface area contributed by atoms with E-state index in [2.05, 4.69) is 18.0 Å². The zero-order valence-corrected chi connectivity index (χ0v) is 12.2. The summed E-state index contributed by atoms with van der Waals surface area (Å²) >= 11 is 0. The first-order chi connectivity index (χ1) is 9.59. The zero-order valence-electron chi connectivity index (χ0n) is 12.2. The van der Waals surface area contributed by atoms with E-state index >= 15 is 0 Å². The monoisotopic (exact) mass is 277 g/mol. The summed E-state index contributed by atoms with van der Waals surface area (Å²) in [5, 5.41) is 11.0. The predicted molar refractivity (Wildman–Crippen MR) is 77.0 cm³/mol.